The molecule has 0 bridgehead atoms. The predicted octanol–water partition coefficient (Wildman–Crippen LogP) is 3.15. The zero-order valence-electron chi connectivity index (χ0n) is 16.6. The summed E-state index contributed by atoms with van der Waals surface area (Å²) in [6.07, 6.45) is 0. The summed E-state index contributed by atoms with van der Waals surface area (Å²) in [5.41, 5.74) is 1.57. The van der Waals surface area contributed by atoms with Crippen LogP contribution in [0.4, 0.5) is 11.4 Å². The average Bonchev–Trinajstić information content (AvgIpc) is 3.09. The second kappa shape index (κ2) is 9.27. The topological polar surface area (TPSA) is 107 Å². The highest BCUT2D eigenvalue weighted by Gasteiger charge is 2.19. The minimum atomic E-state index is -0.483. The van der Waals surface area contributed by atoms with Crippen LogP contribution in [0.25, 0.3) is 0 Å². The highest BCUT2D eigenvalue weighted by atomic mass is 35.5. The molecule has 0 aliphatic heterocycles. The van der Waals surface area contributed by atoms with E-state index >= 15 is 0 Å². The molecule has 0 aliphatic carbocycles. The summed E-state index contributed by atoms with van der Waals surface area (Å²) < 4.78 is 11.8. The number of methoxy groups -OCH3 is 2. The summed E-state index contributed by atoms with van der Waals surface area (Å²) in [5, 5.41) is 13.9. The van der Waals surface area contributed by atoms with Gasteiger partial charge in [0.05, 0.1) is 25.6 Å². The van der Waals surface area contributed by atoms with Gasteiger partial charge in [-0.15, -0.1) is 5.10 Å². The number of anilines is 2. The summed E-state index contributed by atoms with van der Waals surface area (Å²) in [4.78, 5) is 25.0. The maximum absolute atomic E-state index is 12.7. The first-order valence-corrected chi connectivity index (χ1v) is 9.28. The Morgan fingerprint density at radius 2 is 1.80 bits per heavy atom. The molecule has 0 radical (unpaired) electrons. The zero-order valence-corrected chi connectivity index (χ0v) is 17.4. The maximum atomic E-state index is 12.7. The van der Waals surface area contributed by atoms with Crippen molar-refractivity contribution in [1.82, 2.24) is 15.0 Å². The molecule has 10 heteroatoms. The van der Waals surface area contributed by atoms with Crippen molar-refractivity contribution in [3.8, 4) is 11.5 Å². The fourth-order valence-electron chi connectivity index (χ4n) is 2.68. The molecule has 1 aromatic heterocycles. The smallest absolute Gasteiger partial charge is 0.278 e. The molecule has 0 saturated carbocycles. The second-order valence-electron chi connectivity index (χ2n) is 6.26. The van der Waals surface area contributed by atoms with Gasteiger partial charge in [-0.2, -0.15) is 0 Å². The molecular formula is C20H20ClN5O4. The highest BCUT2D eigenvalue weighted by molar-refractivity contribution is 6.30. The van der Waals surface area contributed by atoms with Crippen LogP contribution in [0.15, 0.2) is 42.5 Å². The van der Waals surface area contributed by atoms with Crippen molar-refractivity contribution in [2.24, 2.45) is 0 Å². The molecule has 0 spiro atoms. The molecule has 1 heterocycles. The summed E-state index contributed by atoms with van der Waals surface area (Å²) in [6, 6.07) is 11.8. The van der Waals surface area contributed by atoms with Gasteiger partial charge in [-0.25, -0.2) is 4.68 Å². The van der Waals surface area contributed by atoms with Gasteiger partial charge in [0.2, 0.25) is 5.91 Å². The lowest BCUT2D eigenvalue weighted by atomic mass is 10.2. The number of hydrogen-bond donors (Lipinski definition) is 2. The summed E-state index contributed by atoms with van der Waals surface area (Å²) in [7, 11) is 3.02. The average molecular weight is 430 g/mol. The van der Waals surface area contributed by atoms with Crippen molar-refractivity contribution in [2.75, 3.05) is 24.9 Å². The van der Waals surface area contributed by atoms with Crippen molar-refractivity contribution in [3.63, 3.8) is 0 Å². The molecular weight excluding hydrogens is 410 g/mol. The number of nitrogens with zero attached hydrogens (tertiary/aromatic N) is 3. The number of benzene rings is 2. The molecule has 2 N–H and O–H groups in total. The van der Waals surface area contributed by atoms with Crippen molar-refractivity contribution >= 4 is 34.8 Å². The van der Waals surface area contributed by atoms with E-state index in [2.05, 4.69) is 20.9 Å². The molecule has 0 unspecified atom stereocenters. The Morgan fingerprint density at radius 1 is 1.07 bits per heavy atom. The van der Waals surface area contributed by atoms with Gasteiger partial charge in [-0.05, 0) is 43.3 Å². The van der Waals surface area contributed by atoms with Crippen molar-refractivity contribution in [2.45, 2.75) is 13.5 Å². The molecule has 156 valence electrons. The van der Waals surface area contributed by atoms with Gasteiger partial charge in [0.1, 0.15) is 18.0 Å². The molecule has 3 rings (SSSR count). The molecule has 0 atom stereocenters. The number of nitrogens with one attached hydrogen (secondary N) is 2. The Bertz CT molecular complexity index is 1070. The van der Waals surface area contributed by atoms with Gasteiger partial charge in [0.15, 0.2) is 5.69 Å². The van der Waals surface area contributed by atoms with E-state index in [0.717, 1.165) is 0 Å². The standard InChI is InChI=1S/C20H20ClN5O4/c1-12-19(20(28)23-16-10-15(29-2)8-9-17(16)30-3)24-25-26(12)11-18(27)22-14-6-4-13(21)5-7-14/h4-10H,11H2,1-3H3,(H,22,27)(H,23,28). The quantitative estimate of drug-likeness (QED) is 0.597. The summed E-state index contributed by atoms with van der Waals surface area (Å²) >= 11 is 5.84. The van der Waals surface area contributed by atoms with Crippen LogP contribution in [0.2, 0.25) is 5.02 Å². The summed E-state index contributed by atoms with van der Waals surface area (Å²) in [5.74, 6) is 0.233. The monoisotopic (exact) mass is 429 g/mol. The number of hydrogen-bond acceptors (Lipinski definition) is 6. The van der Waals surface area contributed by atoms with Crippen molar-refractivity contribution < 1.29 is 19.1 Å². The molecule has 0 aliphatic rings. The highest BCUT2D eigenvalue weighted by Crippen LogP contribution is 2.29. The second-order valence-corrected chi connectivity index (χ2v) is 6.69. The van der Waals surface area contributed by atoms with E-state index in [-0.39, 0.29) is 18.1 Å². The van der Waals surface area contributed by atoms with Crippen molar-refractivity contribution in [1.29, 1.82) is 0 Å². The first-order chi connectivity index (χ1) is 14.4. The third-order valence-corrected chi connectivity index (χ3v) is 4.53. The van der Waals surface area contributed by atoms with Gasteiger partial charge in [0, 0.05) is 16.8 Å². The van der Waals surface area contributed by atoms with Gasteiger partial charge in [-0.1, -0.05) is 16.8 Å². The summed E-state index contributed by atoms with van der Waals surface area (Å²) in [6.45, 7) is 1.56. The van der Waals surface area contributed by atoms with E-state index < -0.39 is 5.91 Å². The van der Waals surface area contributed by atoms with Gasteiger partial charge >= 0.3 is 0 Å². The fraction of sp³-hybridized carbons (Fsp3) is 0.200. The Labute approximate surface area is 177 Å². The van der Waals surface area contributed by atoms with Crippen LogP contribution in [0.3, 0.4) is 0 Å². The van der Waals surface area contributed by atoms with Crippen LogP contribution < -0.4 is 20.1 Å². The first-order valence-electron chi connectivity index (χ1n) is 8.90. The number of amides is 2. The number of aromatic nitrogens is 3. The van der Waals surface area contributed by atoms with E-state index in [0.29, 0.717) is 33.6 Å². The minimum Gasteiger partial charge on any atom is -0.497 e. The molecule has 3 aromatic rings. The SMILES string of the molecule is COc1ccc(OC)c(NC(=O)c2nnn(CC(=O)Nc3ccc(Cl)cc3)c2C)c1. The Morgan fingerprint density at radius 3 is 2.47 bits per heavy atom. The molecule has 0 fully saturated rings. The molecule has 9 nitrogen and oxygen atoms in total. The molecule has 30 heavy (non-hydrogen) atoms. The number of halogens is 1. The van der Waals surface area contributed by atoms with Crippen LogP contribution in [0, 0.1) is 6.92 Å². The largest absolute Gasteiger partial charge is 0.497 e. The van der Waals surface area contributed by atoms with Crippen LogP contribution >= 0.6 is 11.6 Å². The first kappa shape index (κ1) is 21.1. The van der Waals surface area contributed by atoms with Crippen LogP contribution in [0.5, 0.6) is 11.5 Å². The maximum Gasteiger partial charge on any atom is 0.278 e. The third kappa shape index (κ3) is 4.87. The number of carbonyl (C=O) groups excluding carboxylic acids is 2. The van der Waals surface area contributed by atoms with E-state index in [1.165, 1.54) is 18.9 Å². The lowest BCUT2D eigenvalue weighted by Gasteiger charge is -2.11. The third-order valence-electron chi connectivity index (χ3n) is 4.27. The minimum absolute atomic E-state index is 0.0964. The zero-order chi connectivity index (χ0) is 21.7. The van der Waals surface area contributed by atoms with Crippen LogP contribution in [-0.2, 0) is 11.3 Å². The Kier molecular flexibility index (Phi) is 6.53. The number of ether oxygens (including phenoxy) is 2. The lowest BCUT2D eigenvalue weighted by Crippen LogP contribution is -2.21. The van der Waals surface area contributed by atoms with E-state index in [1.54, 1.807) is 49.4 Å². The van der Waals surface area contributed by atoms with Crippen LogP contribution in [0.1, 0.15) is 16.2 Å². The number of carbonyl (C=O) groups is 2. The van der Waals surface area contributed by atoms with E-state index in [1.807, 2.05) is 0 Å². The molecule has 2 amide bonds. The van der Waals surface area contributed by atoms with Gasteiger partial charge in [0.25, 0.3) is 5.91 Å². The number of rotatable bonds is 7. The predicted molar refractivity (Wildman–Crippen MR) is 112 cm³/mol. The lowest BCUT2D eigenvalue weighted by molar-refractivity contribution is -0.117. The van der Waals surface area contributed by atoms with Gasteiger partial charge < -0.3 is 20.1 Å². The molecule has 0 saturated heterocycles. The van der Waals surface area contributed by atoms with E-state index in [4.69, 9.17) is 21.1 Å². The van der Waals surface area contributed by atoms with E-state index in [9.17, 15) is 9.59 Å². The van der Waals surface area contributed by atoms with Crippen LogP contribution in [-0.4, -0.2) is 41.0 Å². The molecule has 2 aromatic carbocycles. The van der Waals surface area contributed by atoms with Gasteiger partial charge in [-0.3, -0.25) is 9.59 Å². The fourth-order valence-corrected chi connectivity index (χ4v) is 2.81. The normalized spacial score (nSPS) is 10.4. The van der Waals surface area contributed by atoms with Crippen molar-refractivity contribution in [3.05, 3.63) is 58.9 Å². The Balaban J connectivity index is 1.71. The Hall–Kier alpha value is -3.59.